The van der Waals surface area contributed by atoms with Gasteiger partial charge in [-0.3, -0.25) is 4.90 Å². The smallest absolute Gasteiger partial charge is 0.120 e. The molecule has 0 aliphatic carbocycles. The summed E-state index contributed by atoms with van der Waals surface area (Å²) in [5.74, 6) is 2.13. The van der Waals surface area contributed by atoms with E-state index in [1.807, 2.05) is 0 Å². The van der Waals surface area contributed by atoms with Crippen LogP contribution in [0.25, 0.3) is 0 Å². The molecule has 2 heterocycles. The topological polar surface area (TPSA) is 37.6 Å². The Labute approximate surface area is 122 Å². The first kappa shape index (κ1) is 15.5. The number of piperidine rings is 1. The van der Waals surface area contributed by atoms with Crippen LogP contribution in [0.1, 0.15) is 43.8 Å². The van der Waals surface area contributed by atoms with Gasteiger partial charge in [0.1, 0.15) is 11.5 Å². The van der Waals surface area contributed by atoms with Crippen molar-refractivity contribution in [2.45, 2.75) is 58.8 Å². The van der Waals surface area contributed by atoms with Gasteiger partial charge < -0.3 is 14.5 Å². The van der Waals surface area contributed by atoms with Gasteiger partial charge in [-0.1, -0.05) is 13.8 Å². The summed E-state index contributed by atoms with van der Waals surface area (Å²) in [5, 5.41) is 3.41. The molecule has 0 saturated carbocycles. The molecule has 1 aliphatic heterocycles. The molecule has 1 saturated heterocycles. The van der Waals surface area contributed by atoms with E-state index in [2.05, 4.69) is 37.1 Å². The molecule has 0 aromatic carbocycles. The lowest BCUT2D eigenvalue weighted by Crippen LogP contribution is -2.38. The number of nitrogens with one attached hydrogen (secondary N) is 1. The third kappa shape index (κ3) is 4.33. The third-order valence-corrected chi connectivity index (χ3v) is 3.92. The number of furan rings is 1. The number of likely N-dealkylation sites (tertiary alicyclic amines) is 1. The largest absolute Gasteiger partial charge is 0.463 e. The van der Waals surface area contributed by atoms with Gasteiger partial charge in [0.15, 0.2) is 0 Å². The second-order valence-electron chi connectivity index (χ2n) is 6.09. The molecule has 4 nitrogen and oxygen atoms in total. The lowest BCUT2D eigenvalue weighted by Gasteiger charge is -2.31. The Morgan fingerprint density at radius 1 is 1.50 bits per heavy atom. The monoisotopic (exact) mass is 280 g/mol. The molecular weight excluding hydrogens is 252 g/mol. The fraction of sp³-hybridized carbons (Fsp3) is 0.750. The average molecular weight is 280 g/mol. The molecule has 1 fully saturated rings. The lowest BCUT2D eigenvalue weighted by molar-refractivity contribution is 0.0262. The quantitative estimate of drug-likeness (QED) is 0.869. The molecule has 1 N–H and O–H groups in total. The number of rotatable bonds is 6. The molecular formula is C16H28N2O2. The molecule has 0 bridgehead atoms. The highest BCUT2D eigenvalue weighted by atomic mass is 16.5. The molecule has 2 rings (SSSR count). The van der Waals surface area contributed by atoms with Gasteiger partial charge in [-0.25, -0.2) is 0 Å². The summed E-state index contributed by atoms with van der Waals surface area (Å²) in [5.41, 5.74) is 1.24. The summed E-state index contributed by atoms with van der Waals surface area (Å²) in [7, 11) is 1.81. The van der Waals surface area contributed by atoms with Crippen molar-refractivity contribution in [3.63, 3.8) is 0 Å². The summed E-state index contributed by atoms with van der Waals surface area (Å²) >= 11 is 0. The number of aryl methyl sites for hydroxylation is 1. The Balaban J connectivity index is 1.91. The Bertz CT molecular complexity index is 415. The Kier molecular flexibility index (Phi) is 5.64. The lowest BCUT2D eigenvalue weighted by atomic mass is 10.1. The van der Waals surface area contributed by atoms with Crippen LogP contribution < -0.4 is 5.32 Å². The van der Waals surface area contributed by atoms with Crippen LogP contribution in [-0.4, -0.2) is 37.2 Å². The van der Waals surface area contributed by atoms with Crippen molar-refractivity contribution in [3.8, 4) is 0 Å². The van der Waals surface area contributed by atoms with Gasteiger partial charge in [0.2, 0.25) is 0 Å². The second-order valence-corrected chi connectivity index (χ2v) is 6.09. The van der Waals surface area contributed by atoms with Crippen LogP contribution in [0.15, 0.2) is 10.5 Å². The van der Waals surface area contributed by atoms with E-state index in [0.717, 1.165) is 37.7 Å². The van der Waals surface area contributed by atoms with Crippen molar-refractivity contribution in [1.82, 2.24) is 10.2 Å². The zero-order valence-corrected chi connectivity index (χ0v) is 13.2. The van der Waals surface area contributed by atoms with Crippen LogP contribution >= 0.6 is 0 Å². The maximum absolute atomic E-state index is 5.99. The van der Waals surface area contributed by atoms with Crippen molar-refractivity contribution >= 4 is 0 Å². The minimum Gasteiger partial charge on any atom is -0.463 e. The van der Waals surface area contributed by atoms with Crippen LogP contribution in [-0.2, 0) is 17.8 Å². The highest BCUT2D eigenvalue weighted by molar-refractivity contribution is 5.20. The number of nitrogens with zero attached hydrogens (tertiary/aromatic N) is 1. The Morgan fingerprint density at radius 3 is 3.00 bits per heavy atom. The van der Waals surface area contributed by atoms with E-state index in [1.165, 1.54) is 18.4 Å². The van der Waals surface area contributed by atoms with Gasteiger partial charge in [0, 0.05) is 19.7 Å². The van der Waals surface area contributed by atoms with E-state index in [-0.39, 0.29) is 0 Å². The Hall–Kier alpha value is -0.840. The van der Waals surface area contributed by atoms with E-state index < -0.39 is 0 Å². The van der Waals surface area contributed by atoms with Crippen molar-refractivity contribution in [2.24, 2.45) is 0 Å². The van der Waals surface area contributed by atoms with E-state index in [4.69, 9.17) is 9.15 Å². The van der Waals surface area contributed by atoms with E-state index >= 15 is 0 Å². The maximum atomic E-state index is 5.99. The molecule has 114 valence electrons. The fourth-order valence-corrected chi connectivity index (χ4v) is 2.71. The molecule has 0 radical (unpaired) electrons. The summed E-state index contributed by atoms with van der Waals surface area (Å²) in [4.78, 5) is 2.43. The third-order valence-electron chi connectivity index (χ3n) is 3.92. The molecule has 1 aromatic heterocycles. The zero-order valence-electron chi connectivity index (χ0n) is 13.2. The Morgan fingerprint density at radius 2 is 2.30 bits per heavy atom. The molecule has 1 atom stereocenters. The van der Waals surface area contributed by atoms with Gasteiger partial charge in [-0.2, -0.15) is 0 Å². The minimum atomic E-state index is 0.377. The van der Waals surface area contributed by atoms with Gasteiger partial charge >= 0.3 is 0 Å². The molecule has 1 aliphatic rings. The average Bonchev–Trinajstić information content (AvgIpc) is 2.76. The SMILES string of the molecule is COC1CCCN(Cc2cc(C)c(CNC(C)C)o2)C1. The van der Waals surface area contributed by atoms with E-state index in [0.29, 0.717) is 12.1 Å². The van der Waals surface area contributed by atoms with Gasteiger partial charge in [-0.05, 0) is 37.9 Å². The van der Waals surface area contributed by atoms with E-state index in [1.54, 1.807) is 7.11 Å². The van der Waals surface area contributed by atoms with Crippen LogP contribution in [0.2, 0.25) is 0 Å². The highest BCUT2D eigenvalue weighted by Gasteiger charge is 2.20. The molecule has 0 amide bonds. The normalized spacial score (nSPS) is 20.8. The van der Waals surface area contributed by atoms with Gasteiger partial charge in [-0.15, -0.1) is 0 Å². The van der Waals surface area contributed by atoms with Gasteiger partial charge in [0.25, 0.3) is 0 Å². The van der Waals surface area contributed by atoms with Crippen molar-refractivity contribution in [2.75, 3.05) is 20.2 Å². The number of hydrogen-bond donors (Lipinski definition) is 1. The van der Waals surface area contributed by atoms with Crippen LogP contribution in [0, 0.1) is 6.92 Å². The number of ether oxygens (including phenoxy) is 1. The molecule has 4 heteroatoms. The van der Waals surface area contributed by atoms with E-state index in [9.17, 15) is 0 Å². The zero-order chi connectivity index (χ0) is 14.5. The van der Waals surface area contributed by atoms with Crippen molar-refractivity contribution in [3.05, 3.63) is 23.2 Å². The van der Waals surface area contributed by atoms with Crippen molar-refractivity contribution in [1.29, 1.82) is 0 Å². The fourth-order valence-electron chi connectivity index (χ4n) is 2.71. The number of hydrogen-bond acceptors (Lipinski definition) is 4. The standard InChI is InChI=1S/C16H28N2O2/c1-12(2)17-9-16-13(3)8-15(20-16)11-18-7-5-6-14(10-18)19-4/h8,12,14,17H,5-7,9-11H2,1-4H3. The summed E-state index contributed by atoms with van der Waals surface area (Å²) in [6, 6.07) is 2.65. The molecule has 20 heavy (non-hydrogen) atoms. The summed E-state index contributed by atoms with van der Waals surface area (Å²) in [6.07, 6.45) is 2.76. The maximum Gasteiger partial charge on any atom is 0.120 e. The second kappa shape index (κ2) is 7.25. The van der Waals surface area contributed by atoms with Crippen LogP contribution in [0.5, 0.6) is 0 Å². The number of methoxy groups -OCH3 is 1. The van der Waals surface area contributed by atoms with Crippen LogP contribution in [0.3, 0.4) is 0 Å². The predicted molar refractivity (Wildman–Crippen MR) is 80.7 cm³/mol. The van der Waals surface area contributed by atoms with Gasteiger partial charge in [0.05, 0.1) is 19.2 Å². The molecule has 1 unspecified atom stereocenters. The highest BCUT2D eigenvalue weighted by Crippen LogP contribution is 2.19. The molecule has 0 spiro atoms. The first-order valence-corrected chi connectivity index (χ1v) is 7.65. The predicted octanol–water partition coefficient (Wildman–Crippen LogP) is 2.70. The van der Waals surface area contributed by atoms with Crippen molar-refractivity contribution < 1.29 is 9.15 Å². The first-order chi connectivity index (χ1) is 9.58. The van der Waals surface area contributed by atoms with Crippen LogP contribution in [0.4, 0.5) is 0 Å². The molecule has 1 aromatic rings. The first-order valence-electron chi connectivity index (χ1n) is 7.65. The summed E-state index contributed by atoms with van der Waals surface area (Å²) < 4.78 is 11.5. The minimum absolute atomic E-state index is 0.377. The summed E-state index contributed by atoms with van der Waals surface area (Å²) in [6.45, 7) is 10.3.